The van der Waals surface area contributed by atoms with Crippen molar-refractivity contribution < 1.29 is 14.6 Å². The summed E-state index contributed by atoms with van der Waals surface area (Å²) < 4.78 is 7.69. The Labute approximate surface area is 207 Å². The first-order valence-electron chi connectivity index (χ1n) is 12.0. The molecule has 3 atom stereocenters. The van der Waals surface area contributed by atoms with Gasteiger partial charge in [-0.05, 0) is 30.0 Å². The highest BCUT2D eigenvalue weighted by atomic mass is 16.5. The van der Waals surface area contributed by atoms with Crippen LogP contribution < -0.4 is 15.8 Å². The number of nitrogens with two attached hydrogens (primary N) is 1. The van der Waals surface area contributed by atoms with E-state index in [1.807, 2.05) is 54.6 Å². The number of aliphatic hydroxyl groups is 1. The summed E-state index contributed by atoms with van der Waals surface area (Å²) in [5.41, 5.74) is 10.5. The number of carbonyl (C=O) groups excluding carboxylic acids is 1. The number of ether oxygens (including phenoxy) is 1. The topological polar surface area (TPSA) is 128 Å². The van der Waals surface area contributed by atoms with Gasteiger partial charge in [0.15, 0.2) is 11.8 Å². The second-order valence-corrected chi connectivity index (χ2v) is 9.17. The Bertz CT molecular complexity index is 1460. The molecule has 0 saturated heterocycles. The van der Waals surface area contributed by atoms with Crippen molar-refractivity contribution in [3.63, 3.8) is 0 Å². The predicted octanol–water partition coefficient (Wildman–Crippen LogP) is 2.95. The van der Waals surface area contributed by atoms with Crippen molar-refractivity contribution in [2.45, 2.75) is 44.1 Å². The maximum Gasteiger partial charge on any atom is 0.261 e. The van der Waals surface area contributed by atoms with Crippen molar-refractivity contribution in [2.24, 2.45) is 0 Å². The number of aliphatic hydroxyl groups excluding tert-OH is 1. The van der Waals surface area contributed by atoms with E-state index in [-0.39, 0.29) is 11.9 Å². The first-order chi connectivity index (χ1) is 17.6. The van der Waals surface area contributed by atoms with Crippen molar-refractivity contribution in [2.75, 3.05) is 5.73 Å². The van der Waals surface area contributed by atoms with Crippen molar-refractivity contribution in [3.05, 3.63) is 78.1 Å². The number of nitrogens with one attached hydrogen (secondary N) is 1. The highest BCUT2D eigenvalue weighted by Gasteiger charge is 2.26. The van der Waals surface area contributed by atoms with Gasteiger partial charge in [0.05, 0.1) is 17.5 Å². The lowest BCUT2D eigenvalue weighted by atomic mass is 10.0. The van der Waals surface area contributed by atoms with Gasteiger partial charge in [-0.25, -0.2) is 14.6 Å². The number of rotatable bonds is 5. The normalized spacial score (nSPS) is 20.8. The number of anilines is 1. The van der Waals surface area contributed by atoms with Crippen LogP contribution >= 0.6 is 0 Å². The molecule has 6 rings (SSSR count). The smallest absolute Gasteiger partial charge is 0.261 e. The van der Waals surface area contributed by atoms with Crippen LogP contribution in [0, 0.1) is 0 Å². The maximum absolute atomic E-state index is 12.7. The van der Waals surface area contributed by atoms with E-state index in [0.717, 1.165) is 28.9 Å². The lowest BCUT2D eigenvalue weighted by Gasteiger charge is -2.25. The molecule has 4 N–H and O–H groups in total. The molecule has 3 heterocycles. The largest absolute Gasteiger partial charge is 0.480 e. The molecule has 182 valence electrons. The van der Waals surface area contributed by atoms with Crippen molar-refractivity contribution >= 4 is 22.8 Å². The summed E-state index contributed by atoms with van der Waals surface area (Å²) in [5.74, 6) is 1.02. The molecule has 36 heavy (non-hydrogen) atoms. The molecule has 2 aliphatic rings. The summed E-state index contributed by atoms with van der Waals surface area (Å²) in [7, 11) is 0. The number of allylic oxidation sites excluding steroid dienone is 1. The highest BCUT2D eigenvalue weighted by molar-refractivity contribution is 5.98. The molecule has 0 bridgehead atoms. The third-order valence-corrected chi connectivity index (χ3v) is 6.77. The zero-order valence-corrected chi connectivity index (χ0v) is 19.5. The van der Waals surface area contributed by atoms with Gasteiger partial charge in [-0.3, -0.25) is 4.79 Å². The molecule has 1 aliphatic carbocycles. The monoisotopic (exact) mass is 482 g/mol. The molecule has 4 aromatic rings. The standard InChI is InChI=1S/C27H26N6O3/c28-25-23-24(32-33(26(23)31-15-30-25)19-10-11-20(34)13-19)18-7-5-16(6-8-18)14-29-27(35)22-12-9-17-3-1-2-4-21(17)36-22/h1-8,10-11,15,19-20,22,34H,9,12-14H2,(H,29,35)(H2,28,30,31). The van der Waals surface area contributed by atoms with E-state index in [0.29, 0.717) is 41.9 Å². The third-order valence-electron chi connectivity index (χ3n) is 6.77. The molecular formula is C27H26N6O3. The molecule has 2 aromatic carbocycles. The SMILES string of the molecule is Nc1ncnc2c1c(-c1ccc(CNC(=O)C3CCc4ccccc4O3)cc1)nn2C1C=CC(O)C1. The second-order valence-electron chi connectivity index (χ2n) is 9.17. The average Bonchev–Trinajstić information content (AvgIpc) is 3.51. The fourth-order valence-corrected chi connectivity index (χ4v) is 4.86. The van der Waals surface area contributed by atoms with Gasteiger partial charge in [0.2, 0.25) is 0 Å². The number of amides is 1. The molecule has 9 heteroatoms. The number of hydrogen-bond donors (Lipinski definition) is 3. The Morgan fingerprint density at radius 3 is 2.78 bits per heavy atom. The van der Waals surface area contributed by atoms with Crippen LogP contribution in [0.15, 0.2) is 67.0 Å². The van der Waals surface area contributed by atoms with E-state index in [1.165, 1.54) is 6.33 Å². The quantitative estimate of drug-likeness (QED) is 0.373. The molecule has 9 nitrogen and oxygen atoms in total. The Morgan fingerprint density at radius 1 is 1.14 bits per heavy atom. The number of nitrogen functional groups attached to an aromatic ring is 1. The van der Waals surface area contributed by atoms with Gasteiger partial charge in [-0.1, -0.05) is 54.6 Å². The summed E-state index contributed by atoms with van der Waals surface area (Å²) in [6, 6.07) is 15.5. The number of carbonyl (C=O) groups is 1. The highest BCUT2D eigenvalue weighted by Crippen LogP contribution is 2.34. The number of nitrogens with zero attached hydrogens (tertiary/aromatic N) is 4. The zero-order chi connectivity index (χ0) is 24.6. The minimum atomic E-state index is -0.500. The molecule has 0 spiro atoms. The average molecular weight is 483 g/mol. The number of hydrogen-bond acceptors (Lipinski definition) is 7. The summed E-state index contributed by atoms with van der Waals surface area (Å²) in [6.07, 6.45) is 6.16. The molecule has 0 radical (unpaired) electrons. The lowest BCUT2D eigenvalue weighted by Crippen LogP contribution is -2.40. The molecule has 0 saturated carbocycles. The molecule has 1 amide bonds. The molecule has 1 aliphatic heterocycles. The van der Waals surface area contributed by atoms with Crippen LogP contribution in [0.3, 0.4) is 0 Å². The molecule has 0 fully saturated rings. The van der Waals surface area contributed by atoms with E-state index < -0.39 is 12.2 Å². The number of aryl methyl sites for hydroxylation is 1. The summed E-state index contributed by atoms with van der Waals surface area (Å²) >= 11 is 0. The first kappa shape index (κ1) is 22.2. The molecular weight excluding hydrogens is 456 g/mol. The minimum absolute atomic E-state index is 0.103. The predicted molar refractivity (Wildman–Crippen MR) is 135 cm³/mol. The Morgan fingerprint density at radius 2 is 1.97 bits per heavy atom. The minimum Gasteiger partial charge on any atom is -0.480 e. The van der Waals surface area contributed by atoms with E-state index >= 15 is 0 Å². The van der Waals surface area contributed by atoms with Crippen LogP contribution in [0.25, 0.3) is 22.3 Å². The first-order valence-corrected chi connectivity index (χ1v) is 12.0. The van der Waals surface area contributed by atoms with Gasteiger partial charge in [0, 0.05) is 18.5 Å². The number of fused-ring (bicyclic) bond motifs is 2. The van der Waals surface area contributed by atoms with Crippen LogP contribution in [0.1, 0.15) is 30.0 Å². The fourth-order valence-electron chi connectivity index (χ4n) is 4.86. The number of benzene rings is 2. The second kappa shape index (κ2) is 9.09. The van der Waals surface area contributed by atoms with E-state index in [4.69, 9.17) is 15.6 Å². The van der Waals surface area contributed by atoms with Gasteiger partial charge >= 0.3 is 0 Å². The van der Waals surface area contributed by atoms with Crippen LogP contribution in [0.2, 0.25) is 0 Å². The Balaban J connectivity index is 1.18. The van der Waals surface area contributed by atoms with Crippen molar-refractivity contribution in [1.29, 1.82) is 0 Å². The summed E-state index contributed by atoms with van der Waals surface area (Å²) in [6.45, 7) is 0.395. The Kier molecular flexibility index (Phi) is 5.61. The van der Waals surface area contributed by atoms with Gasteiger partial charge < -0.3 is 20.9 Å². The number of aromatic nitrogens is 4. The van der Waals surface area contributed by atoms with Gasteiger partial charge in [-0.2, -0.15) is 5.10 Å². The maximum atomic E-state index is 12.7. The third kappa shape index (κ3) is 4.07. The van der Waals surface area contributed by atoms with Gasteiger partial charge in [0.25, 0.3) is 5.91 Å². The summed E-state index contributed by atoms with van der Waals surface area (Å²) in [5, 5.41) is 18.4. The van der Waals surface area contributed by atoms with Crippen molar-refractivity contribution in [1.82, 2.24) is 25.1 Å². The summed E-state index contributed by atoms with van der Waals surface area (Å²) in [4.78, 5) is 21.3. The van der Waals surface area contributed by atoms with Crippen LogP contribution in [0.5, 0.6) is 5.75 Å². The zero-order valence-electron chi connectivity index (χ0n) is 19.5. The van der Waals surface area contributed by atoms with E-state index in [9.17, 15) is 9.90 Å². The van der Waals surface area contributed by atoms with Crippen LogP contribution in [-0.2, 0) is 17.8 Å². The molecule has 2 aromatic heterocycles. The van der Waals surface area contributed by atoms with Crippen molar-refractivity contribution in [3.8, 4) is 17.0 Å². The Hall–Kier alpha value is -4.24. The van der Waals surface area contributed by atoms with E-state index in [1.54, 1.807) is 10.8 Å². The number of para-hydroxylation sites is 1. The van der Waals surface area contributed by atoms with Crippen LogP contribution in [0.4, 0.5) is 5.82 Å². The molecule has 3 unspecified atom stereocenters. The van der Waals surface area contributed by atoms with Crippen LogP contribution in [-0.4, -0.2) is 43.0 Å². The lowest BCUT2D eigenvalue weighted by molar-refractivity contribution is -0.128. The van der Waals surface area contributed by atoms with Gasteiger partial charge in [0.1, 0.15) is 23.6 Å². The fraction of sp³-hybridized carbons (Fsp3) is 0.259. The van der Waals surface area contributed by atoms with E-state index in [2.05, 4.69) is 15.3 Å². The van der Waals surface area contributed by atoms with Gasteiger partial charge in [-0.15, -0.1) is 0 Å².